The standard InChI is InChI=1S/C27H22FN5/c1-14(2)27-32-25-19-6-4-16(10-21(19)18-8-9-29-12-22(18)26(25)33-27)17-5-7-20(23(28)11-17)24-13-30-15(3)31-24/h4-14H,1-3H3,(H,30,31)(H,32,33). The lowest BCUT2D eigenvalue weighted by Gasteiger charge is -2.10. The first kappa shape index (κ1) is 19.6. The molecule has 6 heteroatoms. The molecule has 0 spiro atoms. The van der Waals surface area contributed by atoms with E-state index in [1.54, 1.807) is 24.5 Å². The number of aromatic nitrogens is 5. The van der Waals surface area contributed by atoms with Crippen molar-refractivity contribution in [2.75, 3.05) is 0 Å². The zero-order chi connectivity index (χ0) is 22.7. The lowest BCUT2D eigenvalue weighted by atomic mass is 9.96. The molecule has 6 aromatic rings. The van der Waals surface area contributed by atoms with Gasteiger partial charge in [-0.25, -0.2) is 14.4 Å². The Balaban J connectivity index is 1.56. The van der Waals surface area contributed by atoms with Crippen LogP contribution in [0.25, 0.3) is 55.0 Å². The highest BCUT2D eigenvalue weighted by Gasteiger charge is 2.16. The van der Waals surface area contributed by atoms with E-state index in [1.165, 1.54) is 0 Å². The van der Waals surface area contributed by atoms with Crippen molar-refractivity contribution in [2.24, 2.45) is 0 Å². The van der Waals surface area contributed by atoms with Gasteiger partial charge in [-0.2, -0.15) is 0 Å². The number of H-pyrrole nitrogens is 2. The molecule has 6 rings (SSSR count). The second kappa shape index (κ2) is 7.24. The Labute approximate surface area is 189 Å². The Bertz CT molecular complexity index is 1680. The van der Waals surface area contributed by atoms with Gasteiger partial charge in [-0.3, -0.25) is 4.98 Å². The van der Waals surface area contributed by atoms with E-state index in [2.05, 4.69) is 45.9 Å². The molecule has 3 heterocycles. The van der Waals surface area contributed by atoms with Gasteiger partial charge in [-0.05, 0) is 53.1 Å². The molecular formula is C27H22FN5. The number of nitrogens with one attached hydrogen (secondary N) is 2. The second-order valence-corrected chi connectivity index (χ2v) is 8.76. The van der Waals surface area contributed by atoms with Gasteiger partial charge >= 0.3 is 0 Å². The number of hydrogen-bond acceptors (Lipinski definition) is 3. The Hall–Kier alpha value is -4.06. The summed E-state index contributed by atoms with van der Waals surface area (Å²) in [5, 5.41) is 4.28. The van der Waals surface area contributed by atoms with Gasteiger partial charge in [0.1, 0.15) is 17.5 Å². The summed E-state index contributed by atoms with van der Waals surface area (Å²) in [5.74, 6) is 1.73. The normalized spacial score (nSPS) is 11.9. The molecule has 0 amide bonds. The summed E-state index contributed by atoms with van der Waals surface area (Å²) >= 11 is 0. The fourth-order valence-electron chi connectivity index (χ4n) is 4.51. The van der Waals surface area contributed by atoms with Gasteiger partial charge < -0.3 is 9.97 Å². The fourth-order valence-corrected chi connectivity index (χ4v) is 4.51. The molecule has 0 aliphatic rings. The van der Waals surface area contributed by atoms with Crippen molar-refractivity contribution in [3.05, 3.63) is 78.5 Å². The van der Waals surface area contributed by atoms with E-state index >= 15 is 4.39 Å². The number of fused-ring (bicyclic) bond motifs is 6. The van der Waals surface area contributed by atoms with Gasteiger partial charge in [0.2, 0.25) is 0 Å². The topological polar surface area (TPSA) is 70.2 Å². The van der Waals surface area contributed by atoms with Gasteiger partial charge in [0.05, 0.1) is 22.9 Å². The summed E-state index contributed by atoms with van der Waals surface area (Å²) in [6.07, 6.45) is 5.33. The van der Waals surface area contributed by atoms with E-state index in [0.717, 1.165) is 55.4 Å². The highest BCUT2D eigenvalue weighted by atomic mass is 19.1. The minimum absolute atomic E-state index is 0.282. The van der Waals surface area contributed by atoms with E-state index in [9.17, 15) is 0 Å². The highest BCUT2D eigenvalue weighted by Crippen LogP contribution is 2.37. The van der Waals surface area contributed by atoms with Crippen molar-refractivity contribution in [3.8, 4) is 22.4 Å². The highest BCUT2D eigenvalue weighted by molar-refractivity contribution is 6.23. The number of rotatable bonds is 3. The van der Waals surface area contributed by atoms with Crippen LogP contribution in [-0.4, -0.2) is 24.9 Å². The Morgan fingerprint density at radius 1 is 0.848 bits per heavy atom. The fraction of sp³-hybridized carbons (Fsp3) is 0.148. The van der Waals surface area contributed by atoms with Crippen molar-refractivity contribution < 1.29 is 4.39 Å². The predicted octanol–water partition coefficient (Wildman–Crippen LogP) is 6.89. The summed E-state index contributed by atoms with van der Waals surface area (Å²) in [6.45, 7) is 6.11. The smallest absolute Gasteiger partial charge is 0.133 e. The van der Waals surface area contributed by atoms with Crippen molar-refractivity contribution >= 4 is 32.6 Å². The molecular weight excluding hydrogens is 413 g/mol. The maximum atomic E-state index is 15.0. The Kier molecular flexibility index (Phi) is 4.30. The number of aromatic amines is 2. The predicted molar refractivity (Wildman–Crippen MR) is 131 cm³/mol. The van der Waals surface area contributed by atoms with Crippen molar-refractivity contribution in [1.82, 2.24) is 24.9 Å². The van der Waals surface area contributed by atoms with Gasteiger partial charge in [-0.15, -0.1) is 0 Å². The van der Waals surface area contributed by atoms with Crippen LogP contribution in [0.3, 0.4) is 0 Å². The average Bonchev–Trinajstić information content (AvgIpc) is 3.46. The lowest BCUT2D eigenvalue weighted by molar-refractivity contribution is 0.631. The minimum Gasteiger partial charge on any atom is -0.342 e. The quantitative estimate of drug-likeness (QED) is 0.297. The van der Waals surface area contributed by atoms with Crippen LogP contribution < -0.4 is 0 Å². The van der Waals surface area contributed by atoms with Crippen LogP contribution in [0.5, 0.6) is 0 Å². The van der Waals surface area contributed by atoms with E-state index in [1.807, 2.05) is 31.3 Å². The number of nitrogens with zero attached hydrogens (tertiary/aromatic N) is 3. The molecule has 33 heavy (non-hydrogen) atoms. The Morgan fingerprint density at radius 3 is 2.42 bits per heavy atom. The van der Waals surface area contributed by atoms with E-state index < -0.39 is 0 Å². The number of aryl methyl sites for hydroxylation is 1. The largest absolute Gasteiger partial charge is 0.342 e. The molecule has 0 aliphatic carbocycles. The van der Waals surface area contributed by atoms with E-state index in [0.29, 0.717) is 17.2 Å². The zero-order valence-electron chi connectivity index (χ0n) is 18.6. The molecule has 2 N–H and O–H groups in total. The third-order valence-corrected chi connectivity index (χ3v) is 6.22. The summed E-state index contributed by atoms with van der Waals surface area (Å²) in [7, 11) is 0. The summed E-state index contributed by atoms with van der Waals surface area (Å²) in [4.78, 5) is 20.0. The summed E-state index contributed by atoms with van der Waals surface area (Å²) in [5.41, 5.74) is 4.91. The summed E-state index contributed by atoms with van der Waals surface area (Å²) in [6, 6.07) is 13.6. The van der Waals surface area contributed by atoms with Crippen LogP contribution in [0.15, 0.2) is 61.1 Å². The van der Waals surface area contributed by atoms with Crippen LogP contribution in [0, 0.1) is 12.7 Å². The molecule has 0 radical (unpaired) electrons. The Morgan fingerprint density at radius 2 is 1.67 bits per heavy atom. The molecule has 5 nitrogen and oxygen atoms in total. The van der Waals surface area contributed by atoms with Gasteiger partial charge in [0.15, 0.2) is 0 Å². The molecule has 3 aromatic carbocycles. The maximum Gasteiger partial charge on any atom is 0.133 e. The second-order valence-electron chi connectivity index (χ2n) is 8.76. The van der Waals surface area contributed by atoms with Crippen LogP contribution >= 0.6 is 0 Å². The lowest BCUT2D eigenvalue weighted by Crippen LogP contribution is -1.88. The monoisotopic (exact) mass is 435 g/mol. The van der Waals surface area contributed by atoms with Crippen LogP contribution in [0.2, 0.25) is 0 Å². The van der Waals surface area contributed by atoms with Gasteiger partial charge in [-0.1, -0.05) is 32.0 Å². The van der Waals surface area contributed by atoms with E-state index in [4.69, 9.17) is 4.98 Å². The number of benzene rings is 3. The zero-order valence-corrected chi connectivity index (χ0v) is 18.6. The maximum absolute atomic E-state index is 15.0. The third kappa shape index (κ3) is 3.09. The van der Waals surface area contributed by atoms with Gasteiger partial charge in [0, 0.05) is 34.6 Å². The minimum atomic E-state index is -0.282. The molecule has 3 aromatic heterocycles. The number of pyridine rings is 1. The SMILES string of the molecule is Cc1ncc(-c2ccc(-c3ccc4c(c3)c3ccncc3c3nc(C(C)C)[nH]c43)cc2F)[nH]1. The van der Waals surface area contributed by atoms with Crippen LogP contribution in [-0.2, 0) is 0 Å². The van der Waals surface area contributed by atoms with Crippen molar-refractivity contribution in [2.45, 2.75) is 26.7 Å². The first-order valence-corrected chi connectivity index (χ1v) is 11.0. The van der Waals surface area contributed by atoms with E-state index in [-0.39, 0.29) is 5.82 Å². The van der Waals surface area contributed by atoms with Gasteiger partial charge in [0.25, 0.3) is 0 Å². The first-order valence-electron chi connectivity index (χ1n) is 11.0. The number of hydrogen-bond donors (Lipinski definition) is 2. The molecule has 0 saturated carbocycles. The first-order chi connectivity index (χ1) is 16.0. The molecule has 162 valence electrons. The molecule has 0 saturated heterocycles. The van der Waals surface area contributed by atoms with Crippen molar-refractivity contribution in [3.63, 3.8) is 0 Å². The molecule has 0 fully saturated rings. The number of halogens is 1. The summed E-state index contributed by atoms with van der Waals surface area (Å²) < 4.78 is 15.0. The molecule has 0 aliphatic heterocycles. The van der Waals surface area contributed by atoms with Crippen LogP contribution in [0.1, 0.15) is 31.4 Å². The third-order valence-electron chi connectivity index (χ3n) is 6.22. The van der Waals surface area contributed by atoms with Crippen molar-refractivity contribution in [1.29, 1.82) is 0 Å². The number of imidazole rings is 2. The average molecular weight is 436 g/mol. The van der Waals surface area contributed by atoms with Crippen LogP contribution in [0.4, 0.5) is 4.39 Å². The molecule has 0 bridgehead atoms. The molecule has 0 atom stereocenters. The molecule has 0 unspecified atom stereocenters.